The maximum atomic E-state index is 10.9. The summed E-state index contributed by atoms with van der Waals surface area (Å²) in [5, 5.41) is 18.1. The number of ether oxygens (including phenoxy) is 2. The average molecular weight is 428 g/mol. The maximum Gasteiger partial charge on any atom is 0.414 e. The van der Waals surface area contributed by atoms with E-state index < -0.39 is 4.92 Å². The summed E-state index contributed by atoms with van der Waals surface area (Å²) in [6.07, 6.45) is 3.48. The SMILES string of the molecule is O=[N+]([O-])c1cn2c(n1)OCC(OCc1cccc(CN3CCC4(CC3)NCCN4)c1)C2. The predicted octanol–water partition coefficient (Wildman–Crippen LogP) is 1.25. The highest BCUT2D eigenvalue weighted by atomic mass is 16.6. The minimum absolute atomic E-state index is 0.157. The second-order valence-corrected chi connectivity index (χ2v) is 8.57. The Bertz CT molecular complexity index is 932. The van der Waals surface area contributed by atoms with Crippen molar-refractivity contribution in [2.75, 3.05) is 32.8 Å². The van der Waals surface area contributed by atoms with Crippen LogP contribution in [0.2, 0.25) is 0 Å². The standard InChI is InChI=1S/C21H28N6O4/c28-27(29)19-13-26-12-18(15-31-20(26)24-19)30-14-17-3-1-2-16(10-17)11-25-8-4-21(5-9-25)22-6-7-23-21/h1-3,10,13,18,22-23H,4-9,11-12,14-15H2. The molecule has 3 aliphatic rings. The molecule has 166 valence electrons. The van der Waals surface area contributed by atoms with E-state index in [1.54, 1.807) is 4.57 Å². The lowest BCUT2D eigenvalue weighted by molar-refractivity contribution is -0.389. The third kappa shape index (κ3) is 4.57. The molecule has 1 spiro atoms. The zero-order valence-electron chi connectivity index (χ0n) is 17.5. The molecule has 0 bridgehead atoms. The van der Waals surface area contributed by atoms with Crippen LogP contribution in [-0.2, 0) is 24.4 Å². The molecule has 31 heavy (non-hydrogen) atoms. The molecular weight excluding hydrogens is 400 g/mol. The summed E-state index contributed by atoms with van der Waals surface area (Å²) < 4.78 is 13.2. The van der Waals surface area contributed by atoms with E-state index in [9.17, 15) is 10.1 Å². The van der Waals surface area contributed by atoms with Crippen molar-refractivity contribution in [3.63, 3.8) is 0 Å². The van der Waals surface area contributed by atoms with Crippen molar-refractivity contribution in [1.29, 1.82) is 0 Å². The molecule has 2 saturated heterocycles. The van der Waals surface area contributed by atoms with Crippen LogP contribution in [0.5, 0.6) is 6.01 Å². The Hall–Kier alpha value is -2.53. The lowest BCUT2D eigenvalue weighted by Crippen LogP contribution is -2.56. The monoisotopic (exact) mass is 428 g/mol. The molecule has 1 aromatic heterocycles. The fourth-order valence-corrected chi connectivity index (χ4v) is 4.66. The first kappa shape index (κ1) is 20.4. The van der Waals surface area contributed by atoms with Crippen LogP contribution < -0.4 is 15.4 Å². The van der Waals surface area contributed by atoms with Gasteiger partial charge in [0, 0.05) is 37.7 Å². The molecule has 10 heteroatoms. The number of fused-ring (bicyclic) bond motifs is 1. The number of nitro groups is 1. The predicted molar refractivity (Wildman–Crippen MR) is 113 cm³/mol. The van der Waals surface area contributed by atoms with Crippen LogP contribution in [0.1, 0.15) is 24.0 Å². The number of hydrogen-bond acceptors (Lipinski definition) is 8. The topological polar surface area (TPSA) is 107 Å². The molecule has 0 amide bonds. The highest BCUT2D eigenvalue weighted by molar-refractivity contribution is 5.23. The van der Waals surface area contributed by atoms with Gasteiger partial charge in [-0.2, -0.15) is 0 Å². The summed E-state index contributed by atoms with van der Waals surface area (Å²) in [7, 11) is 0. The Morgan fingerprint density at radius 3 is 2.81 bits per heavy atom. The number of rotatable bonds is 6. The number of imidazole rings is 1. The van der Waals surface area contributed by atoms with E-state index in [-0.39, 0.29) is 23.6 Å². The number of likely N-dealkylation sites (tertiary alicyclic amines) is 1. The van der Waals surface area contributed by atoms with Gasteiger partial charge in [-0.25, -0.2) is 0 Å². The summed E-state index contributed by atoms with van der Waals surface area (Å²) in [6, 6.07) is 8.79. The van der Waals surface area contributed by atoms with Crippen molar-refractivity contribution in [3.8, 4) is 6.01 Å². The van der Waals surface area contributed by atoms with E-state index >= 15 is 0 Å². The van der Waals surface area contributed by atoms with Gasteiger partial charge in [-0.3, -0.25) is 20.1 Å². The summed E-state index contributed by atoms with van der Waals surface area (Å²) in [5.41, 5.74) is 2.56. The van der Waals surface area contributed by atoms with Crippen molar-refractivity contribution in [3.05, 3.63) is 51.7 Å². The van der Waals surface area contributed by atoms with E-state index in [4.69, 9.17) is 9.47 Å². The average Bonchev–Trinajstić information content (AvgIpc) is 3.41. The van der Waals surface area contributed by atoms with E-state index in [1.807, 2.05) is 0 Å². The molecule has 5 rings (SSSR count). The molecule has 0 radical (unpaired) electrons. The molecule has 1 aromatic carbocycles. The molecule has 1 atom stereocenters. The normalized spacial score (nSPS) is 22.9. The maximum absolute atomic E-state index is 10.9. The first-order valence-corrected chi connectivity index (χ1v) is 10.8. The first-order valence-electron chi connectivity index (χ1n) is 10.8. The van der Waals surface area contributed by atoms with Gasteiger partial charge < -0.3 is 19.6 Å². The van der Waals surface area contributed by atoms with Crippen LogP contribution in [0.25, 0.3) is 0 Å². The smallest absolute Gasteiger partial charge is 0.414 e. The Labute approximate surface area is 180 Å². The lowest BCUT2D eigenvalue weighted by atomic mass is 9.97. The highest BCUT2D eigenvalue weighted by Gasteiger charge is 2.36. The van der Waals surface area contributed by atoms with Crippen LogP contribution in [0, 0.1) is 10.1 Å². The summed E-state index contributed by atoms with van der Waals surface area (Å²) in [4.78, 5) is 16.7. The third-order valence-electron chi connectivity index (χ3n) is 6.36. The number of piperidine rings is 1. The molecular formula is C21H28N6O4. The fourth-order valence-electron chi connectivity index (χ4n) is 4.66. The van der Waals surface area contributed by atoms with Crippen LogP contribution in [0.15, 0.2) is 30.5 Å². The molecule has 0 saturated carbocycles. The minimum atomic E-state index is -0.515. The van der Waals surface area contributed by atoms with Gasteiger partial charge >= 0.3 is 11.8 Å². The van der Waals surface area contributed by atoms with Crippen LogP contribution in [0.4, 0.5) is 5.82 Å². The Balaban J connectivity index is 1.13. The molecule has 3 aliphatic heterocycles. The van der Waals surface area contributed by atoms with E-state index in [1.165, 1.54) is 11.8 Å². The Kier molecular flexibility index (Phi) is 5.61. The van der Waals surface area contributed by atoms with Gasteiger partial charge in [-0.15, -0.1) is 0 Å². The van der Waals surface area contributed by atoms with Crippen LogP contribution in [0.3, 0.4) is 0 Å². The van der Waals surface area contributed by atoms with Crippen molar-refractivity contribution in [1.82, 2.24) is 25.1 Å². The number of benzene rings is 1. The van der Waals surface area contributed by atoms with Gasteiger partial charge in [0.25, 0.3) is 0 Å². The van der Waals surface area contributed by atoms with Crippen molar-refractivity contribution < 1.29 is 14.4 Å². The Morgan fingerprint density at radius 2 is 2.03 bits per heavy atom. The van der Waals surface area contributed by atoms with E-state index in [0.717, 1.165) is 51.1 Å². The largest absolute Gasteiger partial charge is 0.443 e. The number of nitrogens with zero attached hydrogens (tertiary/aromatic N) is 4. The summed E-state index contributed by atoms with van der Waals surface area (Å²) in [6.45, 7) is 6.54. The molecule has 4 heterocycles. The van der Waals surface area contributed by atoms with Crippen molar-refractivity contribution in [2.45, 2.75) is 44.3 Å². The van der Waals surface area contributed by atoms with E-state index in [0.29, 0.717) is 19.8 Å². The number of hydrogen-bond donors (Lipinski definition) is 2. The van der Waals surface area contributed by atoms with Gasteiger partial charge in [0.1, 0.15) is 18.9 Å². The minimum Gasteiger partial charge on any atom is -0.443 e. The second-order valence-electron chi connectivity index (χ2n) is 8.57. The number of nitrogens with one attached hydrogen (secondary N) is 2. The summed E-state index contributed by atoms with van der Waals surface area (Å²) in [5.74, 6) is -0.202. The van der Waals surface area contributed by atoms with Gasteiger partial charge in [-0.1, -0.05) is 24.3 Å². The fraction of sp³-hybridized carbons (Fsp3) is 0.571. The summed E-state index contributed by atoms with van der Waals surface area (Å²) >= 11 is 0. The number of aromatic nitrogens is 2. The van der Waals surface area contributed by atoms with Gasteiger partial charge in [0.2, 0.25) is 0 Å². The third-order valence-corrected chi connectivity index (χ3v) is 6.36. The molecule has 2 N–H and O–H groups in total. The molecule has 2 fully saturated rings. The molecule has 0 aliphatic carbocycles. The van der Waals surface area contributed by atoms with Crippen LogP contribution in [-0.4, -0.2) is 63.9 Å². The zero-order chi connectivity index (χ0) is 21.3. The second kappa shape index (κ2) is 8.54. The van der Waals surface area contributed by atoms with Gasteiger partial charge in [0.15, 0.2) is 0 Å². The highest BCUT2D eigenvalue weighted by Crippen LogP contribution is 2.24. The quantitative estimate of drug-likeness (QED) is 0.523. The van der Waals surface area contributed by atoms with Gasteiger partial charge in [0.05, 0.1) is 18.8 Å². The first-order chi connectivity index (χ1) is 15.1. The van der Waals surface area contributed by atoms with E-state index in [2.05, 4.69) is 44.8 Å². The molecule has 1 unspecified atom stereocenters. The molecule has 2 aromatic rings. The van der Waals surface area contributed by atoms with Crippen molar-refractivity contribution in [2.24, 2.45) is 0 Å². The van der Waals surface area contributed by atoms with Gasteiger partial charge in [-0.05, 0) is 28.9 Å². The molecule has 10 nitrogen and oxygen atoms in total. The Morgan fingerprint density at radius 1 is 1.26 bits per heavy atom. The zero-order valence-corrected chi connectivity index (χ0v) is 17.5. The van der Waals surface area contributed by atoms with Crippen molar-refractivity contribution >= 4 is 5.82 Å². The van der Waals surface area contributed by atoms with Crippen LogP contribution >= 0.6 is 0 Å². The lowest BCUT2D eigenvalue weighted by Gasteiger charge is -2.39.